The van der Waals surface area contributed by atoms with E-state index < -0.39 is 5.60 Å². The molecule has 1 unspecified atom stereocenters. The van der Waals surface area contributed by atoms with Gasteiger partial charge in [-0.1, -0.05) is 30.3 Å². The lowest BCUT2D eigenvalue weighted by molar-refractivity contribution is -0.0186. The van der Waals surface area contributed by atoms with Crippen molar-refractivity contribution in [3.63, 3.8) is 0 Å². The number of nitrogens with one attached hydrogen (secondary N) is 1. The molecule has 1 saturated heterocycles. The second-order valence-corrected chi connectivity index (χ2v) is 4.54. The molecule has 1 aromatic rings. The van der Waals surface area contributed by atoms with Crippen LogP contribution < -0.4 is 5.32 Å². The smallest absolute Gasteiger partial charge is 0.0897 e. The van der Waals surface area contributed by atoms with E-state index in [0.29, 0.717) is 5.92 Å². The fourth-order valence-electron chi connectivity index (χ4n) is 2.40. The first-order valence-electron chi connectivity index (χ1n) is 5.70. The highest BCUT2D eigenvalue weighted by Crippen LogP contribution is 2.34. The van der Waals surface area contributed by atoms with Crippen LogP contribution in [0.3, 0.4) is 0 Å². The molecule has 0 spiro atoms. The Morgan fingerprint density at radius 1 is 1.20 bits per heavy atom. The Hall–Kier alpha value is -0.860. The lowest BCUT2D eigenvalue weighted by atomic mass is 9.78. The normalized spacial score (nSPS) is 22.3. The Kier molecular flexibility index (Phi) is 3.08. The first-order chi connectivity index (χ1) is 7.21. The molecule has 1 atom stereocenters. The Morgan fingerprint density at radius 2 is 1.80 bits per heavy atom. The Labute approximate surface area is 91.3 Å². The third kappa shape index (κ3) is 2.21. The van der Waals surface area contributed by atoms with Crippen molar-refractivity contribution >= 4 is 0 Å². The second-order valence-electron chi connectivity index (χ2n) is 4.54. The van der Waals surface area contributed by atoms with Gasteiger partial charge in [0.15, 0.2) is 0 Å². The van der Waals surface area contributed by atoms with Gasteiger partial charge in [-0.15, -0.1) is 0 Å². The molecule has 2 rings (SSSR count). The molecule has 1 aromatic carbocycles. The largest absolute Gasteiger partial charge is 0.385 e. The van der Waals surface area contributed by atoms with Crippen molar-refractivity contribution in [3.05, 3.63) is 35.9 Å². The summed E-state index contributed by atoms with van der Waals surface area (Å²) in [7, 11) is 0. The average molecular weight is 205 g/mol. The van der Waals surface area contributed by atoms with Gasteiger partial charge in [-0.3, -0.25) is 0 Å². The maximum absolute atomic E-state index is 10.6. The maximum atomic E-state index is 10.6. The number of hydrogen-bond donors (Lipinski definition) is 2. The molecule has 1 heterocycles. The van der Waals surface area contributed by atoms with Crippen LogP contribution in [-0.2, 0) is 5.60 Å². The van der Waals surface area contributed by atoms with Crippen LogP contribution in [-0.4, -0.2) is 18.2 Å². The van der Waals surface area contributed by atoms with Crippen LogP contribution in [0.15, 0.2) is 30.3 Å². The number of aliphatic hydroxyl groups is 1. The van der Waals surface area contributed by atoms with E-state index in [9.17, 15) is 5.11 Å². The van der Waals surface area contributed by atoms with Gasteiger partial charge in [-0.05, 0) is 44.3 Å². The van der Waals surface area contributed by atoms with Crippen molar-refractivity contribution in [2.75, 3.05) is 13.1 Å². The highest BCUT2D eigenvalue weighted by atomic mass is 16.3. The Bertz CT molecular complexity index is 302. The zero-order valence-corrected chi connectivity index (χ0v) is 9.24. The summed E-state index contributed by atoms with van der Waals surface area (Å²) in [5, 5.41) is 13.9. The third-order valence-corrected chi connectivity index (χ3v) is 3.49. The quantitative estimate of drug-likeness (QED) is 0.773. The van der Waals surface area contributed by atoms with E-state index in [2.05, 4.69) is 5.32 Å². The van der Waals surface area contributed by atoms with Crippen LogP contribution in [0.2, 0.25) is 0 Å². The average Bonchev–Trinajstić information content (AvgIpc) is 2.31. The number of rotatable bonds is 2. The zero-order valence-electron chi connectivity index (χ0n) is 9.24. The van der Waals surface area contributed by atoms with Crippen molar-refractivity contribution in [3.8, 4) is 0 Å². The predicted octanol–water partition coefficient (Wildman–Crippen LogP) is 1.89. The van der Waals surface area contributed by atoms with Crippen LogP contribution in [0, 0.1) is 5.92 Å². The summed E-state index contributed by atoms with van der Waals surface area (Å²) in [6, 6.07) is 10.0. The molecule has 1 aliphatic heterocycles. The van der Waals surface area contributed by atoms with Gasteiger partial charge in [-0.25, -0.2) is 0 Å². The minimum Gasteiger partial charge on any atom is -0.385 e. The molecule has 0 bridgehead atoms. The Balaban J connectivity index is 2.18. The lowest BCUT2D eigenvalue weighted by Crippen LogP contribution is -2.39. The maximum Gasteiger partial charge on any atom is 0.0897 e. The van der Waals surface area contributed by atoms with Gasteiger partial charge in [0.05, 0.1) is 5.60 Å². The molecule has 82 valence electrons. The molecular formula is C13H19NO. The number of benzene rings is 1. The molecule has 2 heteroatoms. The first-order valence-corrected chi connectivity index (χ1v) is 5.70. The molecule has 1 aliphatic rings. The van der Waals surface area contributed by atoms with Gasteiger partial charge in [0, 0.05) is 0 Å². The topological polar surface area (TPSA) is 32.3 Å². The summed E-state index contributed by atoms with van der Waals surface area (Å²) >= 11 is 0. The van der Waals surface area contributed by atoms with E-state index in [4.69, 9.17) is 0 Å². The molecule has 0 radical (unpaired) electrons. The van der Waals surface area contributed by atoms with Gasteiger partial charge >= 0.3 is 0 Å². The monoisotopic (exact) mass is 205 g/mol. The van der Waals surface area contributed by atoms with E-state index in [0.717, 1.165) is 31.5 Å². The SMILES string of the molecule is CC(O)(c1ccccc1)C1CCNCC1. The van der Waals surface area contributed by atoms with Crippen LogP contribution >= 0.6 is 0 Å². The summed E-state index contributed by atoms with van der Waals surface area (Å²) < 4.78 is 0. The third-order valence-electron chi connectivity index (χ3n) is 3.49. The second kappa shape index (κ2) is 4.33. The molecular weight excluding hydrogens is 186 g/mol. The van der Waals surface area contributed by atoms with E-state index in [1.165, 1.54) is 0 Å². The lowest BCUT2D eigenvalue weighted by Gasteiger charge is -2.36. The molecule has 0 aliphatic carbocycles. The van der Waals surface area contributed by atoms with Gasteiger partial charge in [0.1, 0.15) is 0 Å². The summed E-state index contributed by atoms with van der Waals surface area (Å²) in [5.41, 5.74) is 0.362. The molecule has 0 aromatic heterocycles. The molecule has 15 heavy (non-hydrogen) atoms. The molecule has 0 amide bonds. The summed E-state index contributed by atoms with van der Waals surface area (Å²) in [6.07, 6.45) is 2.11. The van der Waals surface area contributed by atoms with Gasteiger partial charge < -0.3 is 10.4 Å². The van der Waals surface area contributed by atoms with Crippen LogP contribution in [0.4, 0.5) is 0 Å². The van der Waals surface area contributed by atoms with Crippen LogP contribution in [0.5, 0.6) is 0 Å². The highest BCUT2D eigenvalue weighted by Gasteiger charge is 2.33. The standard InChI is InChI=1S/C13H19NO/c1-13(15,11-5-3-2-4-6-11)12-7-9-14-10-8-12/h2-6,12,14-15H,7-10H2,1H3. The fourth-order valence-corrected chi connectivity index (χ4v) is 2.40. The van der Waals surface area contributed by atoms with Crippen molar-refractivity contribution in [2.24, 2.45) is 5.92 Å². The molecule has 2 N–H and O–H groups in total. The van der Waals surface area contributed by atoms with Crippen molar-refractivity contribution in [1.29, 1.82) is 0 Å². The summed E-state index contributed by atoms with van der Waals surface area (Å²) in [5.74, 6) is 0.376. The minimum atomic E-state index is -0.677. The first kappa shape index (κ1) is 10.7. The van der Waals surface area contributed by atoms with E-state index in [1.807, 2.05) is 37.3 Å². The van der Waals surface area contributed by atoms with Crippen LogP contribution in [0.25, 0.3) is 0 Å². The number of hydrogen-bond acceptors (Lipinski definition) is 2. The summed E-state index contributed by atoms with van der Waals surface area (Å²) in [6.45, 7) is 3.99. The molecule has 2 nitrogen and oxygen atoms in total. The zero-order chi connectivity index (χ0) is 10.7. The van der Waals surface area contributed by atoms with Crippen molar-refractivity contribution in [1.82, 2.24) is 5.32 Å². The number of piperidine rings is 1. The van der Waals surface area contributed by atoms with Gasteiger partial charge in [0.25, 0.3) is 0 Å². The molecule has 0 saturated carbocycles. The predicted molar refractivity (Wildman–Crippen MR) is 61.6 cm³/mol. The highest BCUT2D eigenvalue weighted by molar-refractivity contribution is 5.22. The van der Waals surface area contributed by atoms with Gasteiger partial charge in [-0.2, -0.15) is 0 Å². The molecule has 1 fully saturated rings. The van der Waals surface area contributed by atoms with Gasteiger partial charge in [0.2, 0.25) is 0 Å². The fraction of sp³-hybridized carbons (Fsp3) is 0.538. The van der Waals surface area contributed by atoms with E-state index in [1.54, 1.807) is 0 Å². The van der Waals surface area contributed by atoms with E-state index >= 15 is 0 Å². The van der Waals surface area contributed by atoms with Crippen LogP contribution in [0.1, 0.15) is 25.3 Å². The van der Waals surface area contributed by atoms with E-state index in [-0.39, 0.29) is 0 Å². The minimum absolute atomic E-state index is 0.376. The summed E-state index contributed by atoms with van der Waals surface area (Å²) in [4.78, 5) is 0. The Morgan fingerprint density at radius 3 is 2.40 bits per heavy atom. The van der Waals surface area contributed by atoms with Crippen molar-refractivity contribution in [2.45, 2.75) is 25.4 Å². The van der Waals surface area contributed by atoms with Crippen molar-refractivity contribution < 1.29 is 5.11 Å².